The zero-order valence-corrected chi connectivity index (χ0v) is 8.01. The van der Waals surface area contributed by atoms with Gasteiger partial charge in [-0.2, -0.15) is 0 Å². The van der Waals surface area contributed by atoms with Crippen LogP contribution in [0.3, 0.4) is 0 Å². The van der Waals surface area contributed by atoms with Crippen LogP contribution in [0.5, 0.6) is 0 Å². The van der Waals surface area contributed by atoms with E-state index in [9.17, 15) is 14.9 Å². The predicted molar refractivity (Wildman–Crippen MR) is 53.8 cm³/mol. The summed E-state index contributed by atoms with van der Waals surface area (Å²) in [5.41, 5.74) is 0.175. The number of carbonyl (C=O) groups excluding carboxylic acids is 1. The van der Waals surface area contributed by atoms with Gasteiger partial charge in [-0.3, -0.25) is 14.9 Å². The first-order chi connectivity index (χ1) is 7.06. The zero-order chi connectivity index (χ0) is 11.4. The van der Waals surface area contributed by atoms with Crippen molar-refractivity contribution in [2.24, 2.45) is 0 Å². The van der Waals surface area contributed by atoms with Gasteiger partial charge in [-0.15, -0.1) is 0 Å². The maximum absolute atomic E-state index is 11.5. The molecule has 5 nitrogen and oxygen atoms in total. The van der Waals surface area contributed by atoms with Gasteiger partial charge in [0.2, 0.25) is 0 Å². The molecule has 0 aliphatic rings. The zero-order valence-electron chi connectivity index (χ0n) is 8.01. The molecule has 0 bridgehead atoms. The maximum atomic E-state index is 11.5. The third-order valence-electron chi connectivity index (χ3n) is 1.87. The highest BCUT2D eigenvalue weighted by Crippen LogP contribution is 2.15. The Morgan fingerprint density at radius 3 is 2.73 bits per heavy atom. The molecule has 1 aromatic rings. The first kappa shape index (κ1) is 10.9. The molecule has 0 aliphatic carbocycles. The second-order valence-corrected chi connectivity index (χ2v) is 2.95. The summed E-state index contributed by atoms with van der Waals surface area (Å²) in [6.45, 7) is 1.43. The summed E-state index contributed by atoms with van der Waals surface area (Å²) < 4.78 is 0. The highest BCUT2D eigenvalue weighted by atomic mass is 16.6. The summed E-state index contributed by atoms with van der Waals surface area (Å²) in [4.78, 5) is 21.4. The SMILES string of the molecule is C/C(=C/O)C(=O)c1cccc([N+](=O)[O-])c1. The molecule has 0 unspecified atom stereocenters. The van der Waals surface area contributed by atoms with Crippen molar-refractivity contribution in [2.75, 3.05) is 0 Å². The number of nitro benzene ring substituents is 1. The monoisotopic (exact) mass is 207 g/mol. The smallest absolute Gasteiger partial charge is 0.270 e. The highest BCUT2D eigenvalue weighted by Gasteiger charge is 2.12. The Balaban J connectivity index is 3.11. The van der Waals surface area contributed by atoms with Gasteiger partial charge in [-0.25, -0.2) is 0 Å². The molecule has 15 heavy (non-hydrogen) atoms. The van der Waals surface area contributed by atoms with E-state index in [0.29, 0.717) is 6.26 Å². The lowest BCUT2D eigenvalue weighted by molar-refractivity contribution is -0.384. The van der Waals surface area contributed by atoms with Gasteiger partial charge in [-0.1, -0.05) is 12.1 Å². The van der Waals surface area contributed by atoms with Crippen molar-refractivity contribution in [3.63, 3.8) is 0 Å². The first-order valence-corrected chi connectivity index (χ1v) is 4.16. The second-order valence-electron chi connectivity index (χ2n) is 2.95. The molecular weight excluding hydrogens is 198 g/mol. The maximum Gasteiger partial charge on any atom is 0.270 e. The number of benzene rings is 1. The molecule has 0 amide bonds. The number of nitrogens with zero attached hydrogens (tertiary/aromatic N) is 1. The van der Waals surface area contributed by atoms with Crippen LogP contribution < -0.4 is 0 Å². The third kappa shape index (κ3) is 2.40. The van der Waals surface area contributed by atoms with Gasteiger partial charge in [0.1, 0.15) is 0 Å². The van der Waals surface area contributed by atoms with Crippen LogP contribution >= 0.6 is 0 Å². The molecular formula is C10H9NO4. The molecule has 0 aliphatic heterocycles. The van der Waals surface area contributed by atoms with E-state index in [1.807, 2.05) is 0 Å². The Kier molecular flexibility index (Phi) is 3.17. The number of rotatable bonds is 3. The first-order valence-electron chi connectivity index (χ1n) is 4.16. The number of aliphatic hydroxyl groups is 1. The lowest BCUT2D eigenvalue weighted by Crippen LogP contribution is -2.01. The summed E-state index contributed by atoms with van der Waals surface area (Å²) in [5.74, 6) is -0.429. The predicted octanol–water partition coefficient (Wildman–Crippen LogP) is 2.24. The average molecular weight is 207 g/mol. The van der Waals surface area contributed by atoms with Crippen molar-refractivity contribution in [3.8, 4) is 0 Å². The number of hydrogen-bond donors (Lipinski definition) is 1. The molecule has 0 fully saturated rings. The normalized spacial score (nSPS) is 11.1. The number of nitro groups is 1. The molecule has 78 valence electrons. The Hall–Kier alpha value is -2.17. The highest BCUT2D eigenvalue weighted by molar-refractivity contribution is 6.08. The molecule has 0 atom stereocenters. The Labute approximate surface area is 85.8 Å². The molecule has 0 saturated heterocycles. The minimum absolute atomic E-state index is 0.135. The van der Waals surface area contributed by atoms with Gasteiger partial charge in [0.15, 0.2) is 5.78 Å². The quantitative estimate of drug-likeness (QED) is 0.271. The van der Waals surface area contributed by atoms with Gasteiger partial charge in [0, 0.05) is 23.3 Å². The van der Waals surface area contributed by atoms with Crippen LogP contribution in [0.1, 0.15) is 17.3 Å². The van der Waals surface area contributed by atoms with Crippen molar-refractivity contribution in [1.29, 1.82) is 0 Å². The molecule has 0 heterocycles. The molecule has 1 N–H and O–H groups in total. The Bertz CT molecular complexity index is 437. The van der Waals surface area contributed by atoms with Gasteiger partial charge in [-0.05, 0) is 6.92 Å². The van der Waals surface area contributed by atoms with Crippen LogP contribution in [0.4, 0.5) is 5.69 Å². The fourth-order valence-electron chi connectivity index (χ4n) is 1.05. The van der Waals surface area contributed by atoms with Crippen molar-refractivity contribution in [1.82, 2.24) is 0 Å². The minimum atomic E-state index is -0.575. The van der Waals surface area contributed by atoms with Crippen molar-refractivity contribution < 1.29 is 14.8 Å². The summed E-state index contributed by atoms with van der Waals surface area (Å²) in [6.07, 6.45) is 0.682. The fraction of sp³-hybridized carbons (Fsp3) is 0.100. The topological polar surface area (TPSA) is 80.4 Å². The number of aliphatic hydroxyl groups excluding tert-OH is 1. The average Bonchev–Trinajstić information content (AvgIpc) is 2.27. The number of hydrogen-bond acceptors (Lipinski definition) is 4. The van der Waals surface area contributed by atoms with Crippen LogP contribution in [0.2, 0.25) is 0 Å². The summed E-state index contributed by atoms with van der Waals surface area (Å²) in [5, 5.41) is 19.1. The molecule has 1 rings (SSSR count). The number of ketones is 1. The summed E-state index contributed by atoms with van der Waals surface area (Å²) in [6, 6.07) is 5.36. The van der Waals surface area contributed by atoms with E-state index in [1.165, 1.54) is 31.2 Å². The standard InChI is InChI=1S/C10H9NO4/c1-7(6-12)10(13)8-3-2-4-9(5-8)11(14)15/h2-6,12H,1H3/b7-6-. The number of carbonyl (C=O) groups is 1. The second kappa shape index (κ2) is 4.36. The fourth-order valence-corrected chi connectivity index (χ4v) is 1.05. The van der Waals surface area contributed by atoms with Crippen molar-refractivity contribution in [2.45, 2.75) is 6.92 Å². The molecule has 1 aromatic carbocycles. The van der Waals surface area contributed by atoms with Gasteiger partial charge < -0.3 is 5.11 Å². The Morgan fingerprint density at radius 2 is 2.20 bits per heavy atom. The number of allylic oxidation sites excluding steroid dienone is 1. The van der Waals surface area contributed by atoms with E-state index in [2.05, 4.69) is 0 Å². The van der Waals surface area contributed by atoms with Crippen LogP contribution in [0.25, 0.3) is 0 Å². The summed E-state index contributed by atoms with van der Waals surface area (Å²) >= 11 is 0. The molecule has 0 radical (unpaired) electrons. The van der Waals surface area contributed by atoms with Crippen LogP contribution in [0, 0.1) is 10.1 Å². The van der Waals surface area contributed by atoms with Gasteiger partial charge in [0.05, 0.1) is 11.2 Å². The number of Topliss-reactive ketones (excluding diaryl/α,β-unsaturated/α-hetero) is 1. The lowest BCUT2D eigenvalue weighted by atomic mass is 10.1. The van der Waals surface area contributed by atoms with Gasteiger partial charge in [0.25, 0.3) is 5.69 Å². The van der Waals surface area contributed by atoms with E-state index in [1.54, 1.807) is 0 Å². The summed E-state index contributed by atoms with van der Waals surface area (Å²) in [7, 11) is 0. The van der Waals surface area contributed by atoms with Crippen LogP contribution in [0.15, 0.2) is 36.1 Å². The van der Waals surface area contributed by atoms with Crippen LogP contribution in [-0.4, -0.2) is 15.8 Å². The van der Waals surface area contributed by atoms with Crippen molar-refractivity contribution >= 4 is 11.5 Å². The van der Waals surface area contributed by atoms with E-state index in [0.717, 1.165) is 0 Å². The molecule has 5 heteroatoms. The van der Waals surface area contributed by atoms with Gasteiger partial charge >= 0.3 is 0 Å². The van der Waals surface area contributed by atoms with E-state index in [4.69, 9.17) is 5.11 Å². The van der Waals surface area contributed by atoms with Crippen molar-refractivity contribution in [3.05, 3.63) is 51.8 Å². The molecule has 0 aromatic heterocycles. The largest absolute Gasteiger partial charge is 0.515 e. The molecule has 0 spiro atoms. The third-order valence-corrected chi connectivity index (χ3v) is 1.87. The number of non-ortho nitro benzene ring substituents is 1. The van der Waals surface area contributed by atoms with E-state index in [-0.39, 0.29) is 16.8 Å². The van der Waals surface area contributed by atoms with E-state index >= 15 is 0 Å². The minimum Gasteiger partial charge on any atom is -0.515 e. The van der Waals surface area contributed by atoms with Crippen LogP contribution in [-0.2, 0) is 0 Å². The Morgan fingerprint density at radius 1 is 1.53 bits per heavy atom. The lowest BCUT2D eigenvalue weighted by Gasteiger charge is -1.99. The van der Waals surface area contributed by atoms with E-state index < -0.39 is 10.7 Å². The molecule has 0 saturated carbocycles.